The number of hydrogen-bond donors (Lipinski definition) is 1. The standard InChI is InChI=1S/C14H22FNO/c1-11(12-7-5-6-8-13(12)15)16-10-9-14(2,3)17-4/h5-8,11,16H,9-10H2,1-4H3/t11-/m1/s1. The van der Waals surface area contributed by atoms with Crippen LogP contribution in [0.3, 0.4) is 0 Å². The Kier molecular flexibility index (Phi) is 5.09. The molecule has 1 aromatic rings. The highest BCUT2D eigenvalue weighted by Gasteiger charge is 2.16. The molecule has 0 fully saturated rings. The summed E-state index contributed by atoms with van der Waals surface area (Å²) in [7, 11) is 1.71. The van der Waals surface area contributed by atoms with Crippen molar-refractivity contribution in [2.24, 2.45) is 0 Å². The maximum Gasteiger partial charge on any atom is 0.127 e. The quantitative estimate of drug-likeness (QED) is 0.822. The molecule has 96 valence electrons. The van der Waals surface area contributed by atoms with Gasteiger partial charge in [-0.05, 0) is 39.8 Å². The van der Waals surface area contributed by atoms with Crippen molar-refractivity contribution in [3.63, 3.8) is 0 Å². The summed E-state index contributed by atoms with van der Waals surface area (Å²) in [4.78, 5) is 0. The summed E-state index contributed by atoms with van der Waals surface area (Å²) in [5.74, 6) is -0.154. The molecule has 0 bridgehead atoms. The molecular formula is C14H22FNO. The van der Waals surface area contributed by atoms with Gasteiger partial charge in [0.15, 0.2) is 0 Å². The second kappa shape index (κ2) is 6.12. The van der Waals surface area contributed by atoms with E-state index in [4.69, 9.17) is 4.74 Å². The van der Waals surface area contributed by atoms with Crippen molar-refractivity contribution in [3.8, 4) is 0 Å². The lowest BCUT2D eigenvalue weighted by Gasteiger charge is -2.24. The van der Waals surface area contributed by atoms with Crippen molar-refractivity contribution >= 4 is 0 Å². The Hall–Kier alpha value is -0.930. The van der Waals surface area contributed by atoms with E-state index < -0.39 is 0 Å². The van der Waals surface area contributed by atoms with Gasteiger partial charge in [0, 0.05) is 18.7 Å². The Balaban J connectivity index is 2.46. The number of rotatable bonds is 6. The van der Waals surface area contributed by atoms with Gasteiger partial charge in [-0.1, -0.05) is 18.2 Å². The van der Waals surface area contributed by atoms with Crippen LogP contribution in [0.5, 0.6) is 0 Å². The van der Waals surface area contributed by atoms with Gasteiger partial charge < -0.3 is 10.1 Å². The third-order valence-corrected chi connectivity index (χ3v) is 3.10. The lowest BCUT2D eigenvalue weighted by atomic mass is 10.0. The molecule has 3 heteroatoms. The van der Waals surface area contributed by atoms with E-state index in [0.717, 1.165) is 13.0 Å². The van der Waals surface area contributed by atoms with Crippen LogP contribution in [0.15, 0.2) is 24.3 Å². The van der Waals surface area contributed by atoms with Gasteiger partial charge in [0.05, 0.1) is 5.60 Å². The molecular weight excluding hydrogens is 217 g/mol. The molecule has 0 saturated carbocycles. The predicted octanol–water partition coefficient (Wildman–Crippen LogP) is 3.29. The first-order chi connectivity index (χ1) is 7.96. The van der Waals surface area contributed by atoms with Crippen molar-refractivity contribution in [2.75, 3.05) is 13.7 Å². The Bertz CT molecular complexity index is 352. The Morgan fingerprint density at radius 1 is 1.35 bits per heavy atom. The van der Waals surface area contributed by atoms with Crippen molar-refractivity contribution < 1.29 is 9.13 Å². The van der Waals surface area contributed by atoms with Gasteiger partial charge in [-0.15, -0.1) is 0 Å². The zero-order valence-corrected chi connectivity index (χ0v) is 11.1. The van der Waals surface area contributed by atoms with Crippen molar-refractivity contribution in [3.05, 3.63) is 35.6 Å². The van der Waals surface area contributed by atoms with E-state index in [0.29, 0.717) is 5.56 Å². The van der Waals surface area contributed by atoms with Gasteiger partial charge in [0.2, 0.25) is 0 Å². The maximum absolute atomic E-state index is 13.5. The fraction of sp³-hybridized carbons (Fsp3) is 0.571. The fourth-order valence-corrected chi connectivity index (χ4v) is 1.63. The summed E-state index contributed by atoms with van der Waals surface area (Å²) in [6.45, 7) is 6.86. The van der Waals surface area contributed by atoms with E-state index in [-0.39, 0.29) is 17.5 Å². The molecule has 0 heterocycles. The van der Waals surface area contributed by atoms with Crippen LogP contribution in [0.4, 0.5) is 4.39 Å². The van der Waals surface area contributed by atoms with Crippen molar-refractivity contribution in [1.29, 1.82) is 0 Å². The summed E-state index contributed by atoms with van der Waals surface area (Å²) >= 11 is 0. The smallest absolute Gasteiger partial charge is 0.127 e. The average molecular weight is 239 g/mol. The molecule has 0 spiro atoms. The first kappa shape index (κ1) is 14.1. The van der Waals surface area contributed by atoms with Crippen molar-refractivity contribution in [1.82, 2.24) is 5.32 Å². The molecule has 0 aliphatic carbocycles. The van der Waals surface area contributed by atoms with Crippen molar-refractivity contribution in [2.45, 2.75) is 38.8 Å². The van der Waals surface area contributed by atoms with Crippen LogP contribution in [-0.2, 0) is 4.74 Å². The zero-order chi connectivity index (χ0) is 12.9. The molecule has 0 amide bonds. The highest BCUT2D eigenvalue weighted by atomic mass is 19.1. The minimum Gasteiger partial charge on any atom is -0.379 e. The fourth-order valence-electron chi connectivity index (χ4n) is 1.63. The Labute approximate surface area is 103 Å². The molecule has 1 rings (SSSR count). The van der Waals surface area contributed by atoms with Crippen LogP contribution < -0.4 is 5.32 Å². The van der Waals surface area contributed by atoms with Gasteiger partial charge in [-0.3, -0.25) is 0 Å². The van der Waals surface area contributed by atoms with Crippen LogP contribution >= 0.6 is 0 Å². The van der Waals surface area contributed by atoms with Gasteiger partial charge in [0.1, 0.15) is 5.82 Å². The second-order valence-electron chi connectivity index (χ2n) is 4.91. The maximum atomic E-state index is 13.5. The molecule has 1 aromatic carbocycles. The minimum absolute atomic E-state index is 0.0175. The average Bonchev–Trinajstić information content (AvgIpc) is 2.29. The molecule has 0 saturated heterocycles. The first-order valence-electron chi connectivity index (χ1n) is 5.99. The number of methoxy groups -OCH3 is 1. The number of nitrogens with one attached hydrogen (secondary N) is 1. The Morgan fingerprint density at radius 3 is 2.59 bits per heavy atom. The normalized spacial score (nSPS) is 13.7. The van der Waals surface area contributed by atoms with Gasteiger partial charge >= 0.3 is 0 Å². The van der Waals surface area contributed by atoms with Crippen LogP contribution in [-0.4, -0.2) is 19.3 Å². The number of ether oxygens (including phenoxy) is 1. The minimum atomic E-state index is -0.154. The highest BCUT2D eigenvalue weighted by Crippen LogP contribution is 2.17. The van der Waals surface area contributed by atoms with Gasteiger partial charge in [-0.2, -0.15) is 0 Å². The summed E-state index contributed by atoms with van der Waals surface area (Å²) in [6, 6.07) is 6.89. The third-order valence-electron chi connectivity index (χ3n) is 3.10. The first-order valence-corrected chi connectivity index (χ1v) is 5.99. The second-order valence-corrected chi connectivity index (χ2v) is 4.91. The van der Waals surface area contributed by atoms with E-state index in [9.17, 15) is 4.39 Å². The van der Waals surface area contributed by atoms with Gasteiger partial charge in [0.25, 0.3) is 0 Å². The lowest BCUT2D eigenvalue weighted by Crippen LogP contribution is -2.30. The summed E-state index contributed by atoms with van der Waals surface area (Å²) in [5.41, 5.74) is 0.574. The lowest BCUT2D eigenvalue weighted by molar-refractivity contribution is 0.0154. The number of hydrogen-bond acceptors (Lipinski definition) is 2. The molecule has 0 aromatic heterocycles. The third kappa shape index (κ3) is 4.44. The predicted molar refractivity (Wildman–Crippen MR) is 68.5 cm³/mol. The largest absolute Gasteiger partial charge is 0.379 e. The monoisotopic (exact) mass is 239 g/mol. The SMILES string of the molecule is COC(C)(C)CCN[C@H](C)c1ccccc1F. The van der Waals surface area contributed by atoms with E-state index in [1.54, 1.807) is 13.2 Å². The topological polar surface area (TPSA) is 21.3 Å². The Morgan fingerprint density at radius 2 is 2.00 bits per heavy atom. The molecule has 1 N–H and O–H groups in total. The highest BCUT2D eigenvalue weighted by molar-refractivity contribution is 5.20. The van der Waals surface area contributed by atoms with E-state index >= 15 is 0 Å². The molecule has 17 heavy (non-hydrogen) atoms. The van der Waals surface area contributed by atoms with E-state index in [2.05, 4.69) is 5.32 Å². The van der Waals surface area contributed by atoms with E-state index in [1.165, 1.54) is 6.07 Å². The zero-order valence-electron chi connectivity index (χ0n) is 11.1. The van der Waals surface area contributed by atoms with Crippen LogP contribution in [0.1, 0.15) is 38.8 Å². The van der Waals surface area contributed by atoms with Crippen LogP contribution in [0, 0.1) is 5.82 Å². The molecule has 0 unspecified atom stereocenters. The summed E-state index contributed by atoms with van der Waals surface area (Å²) in [6.07, 6.45) is 0.891. The molecule has 2 nitrogen and oxygen atoms in total. The van der Waals surface area contributed by atoms with E-state index in [1.807, 2.05) is 32.9 Å². The summed E-state index contributed by atoms with van der Waals surface area (Å²) in [5, 5.41) is 3.31. The van der Waals surface area contributed by atoms with Crippen LogP contribution in [0.2, 0.25) is 0 Å². The van der Waals surface area contributed by atoms with Gasteiger partial charge in [-0.25, -0.2) is 4.39 Å². The van der Waals surface area contributed by atoms with Crippen LogP contribution in [0.25, 0.3) is 0 Å². The number of benzene rings is 1. The molecule has 0 radical (unpaired) electrons. The molecule has 1 atom stereocenters. The molecule has 0 aliphatic rings. The molecule has 0 aliphatic heterocycles. The summed E-state index contributed by atoms with van der Waals surface area (Å²) < 4.78 is 18.8. The number of halogens is 1.